The molecular formula is C17H16ClNO2S. The maximum atomic E-state index is 12.7. The zero-order chi connectivity index (χ0) is 15.5. The summed E-state index contributed by atoms with van der Waals surface area (Å²) in [6.45, 7) is 0.700. The molecule has 0 unspecified atom stereocenters. The molecule has 5 heteroatoms. The molecule has 0 radical (unpaired) electrons. The summed E-state index contributed by atoms with van der Waals surface area (Å²) in [5.74, 6) is 1.70. The van der Waals surface area contributed by atoms with Gasteiger partial charge >= 0.3 is 0 Å². The van der Waals surface area contributed by atoms with Crippen molar-refractivity contribution in [1.29, 1.82) is 0 Å². The van der Waals surface area contributed by atoms with E-state index in [4.69, 9.17) is 16.3 Å². The number of carbonyl (C=O) groups excluding carboxylic acids is 1. The number of amides is 1. The number of hydrogen-bond acceptors (Lipinski definition) is 3. The van der Waals surface area contributed by atoms with Gasteiger partial charge < -0.3 is 9.64 Å². The number of nitrogens with zero attached hydrogens (tertiary/aromatic N) is 1. The van der Waals surface area contributed by atoms with Crippen LogP contribution in [0.15, 0.2) is 47.4 Å². The van der Waals surface area contributed by atoms with Crippen molar-refractivity contribution in [3.63, 3.8) is 0 Å². The van der Waals surface area contributed by atoms with Gasteiger partial charge in [-0.2, -0.15) is 0 Å². The Morgan fingerprint density at radius 3 is 2.95 bits per heavy atom. The lowest BCUT2D eigenvalue weighted by atomic mass is 10.1. The molecule has 0 bridgehead atoms. The number of fused-ring (bicyclic) bond motifs is 1. The highest BCUT2D eigenvalue weighted by Crippen LogP contribution is 2.37. The van der Waals surface area contributed by atoms with Gasteiger partial charge in [0.1, 0.15) is 5.75 Å². The molecule has 0 atom stereocenters. The van der Waals surface area contributed by atoms with Gasteiger partial charge in [-0.25, -0.2) is 0 Å². The van der Waals surface area contributed by atoms with Gasteiger partial charge in [0.15, 0.2) is 0 Å². The maximum absolute atomic E-state index is 12.7. The van der Waals surface area contributed by atoms with E-state index in [0.717, 1.165) is 27.6 Å². The zero-order valence-corrected chi connectivity index (χ0v) is 13.8. The van der Waals surface area contributed by atoms with Crippen molar-refractivity contribution in [2.24, 2.45) is 0 Å². The van der Waals surface area contributed by atoms with Crippen LogP contribution in [0.1, 0.15) is 5.56 Å². The molecule has 3 rings (SSSR count). The minimum atomic E-state index is 0.0633. The van der Waals surface area contributed by atoms with Gasteiger partial charge in [-0.15, -0.1) is 11.8 Å². The van der Waals surface area contributed by atoms with E-state index in [1.807, 2.05) is 47.4 Å². The molecular weight excluding hydrogens is 318 g/mol. The van der Waals surface area contributed by atoms with Crippen LogP contribution in [0.5, 0.6) is 5.75 Å². The highest BCUT2D eigenvalue weighted by atomic mass is 35.5. The second-order valence-electron chi connectivity index (χ2n) is 4.99. The second-order valence-corrected chi connectivity index (χ2v) is 6.57. The van der Waals surface area contributed by atoms with Gasteiger partial charge in [-0.3, -0.25) is 4.79 Å². The average Bonchev–Trinajstić information content (AvgIpc) is 2.54. The fourth-order valence-corrected chi connectivity index (χ4v) is 3.70. The van der Waals surface area contributed by atoms with Crippen molar-refractivity contribution in [2.45, 2.75) is 11.3 Å². The van der Waals surface area contributed by atoms with Gasteiger partial charge in [-0.1, -0.05) is 29.8 Å². The van der Waals surface area contributed by atoms with Gasteiger partial charge in [0.2, 0.25) is 5.91 Å². The van der Waals surface area contributed by atoms with E-state index < -0.39 is 0 Å². The topological polar surface area (TPSA) is 29.5 Å². The first-order valence-corrected chi connectivity index (χ1v) is 8.40. The summed E-state index contributed by atoms with van der Waals surface area (Å²) in [4.78, 5) is 15.7. The van der Waals surface area contributed by atoms with Gasteiger partial charge in [-0.05, 0) is 24.3 Å². The number of rotatable bonds is 3. The number of halogens is 1. The minimum Gasteiger partial charge on any atom is -0.496 e. The van der Waals surface area contributed by atoms with Crippen molar-refractivity contribution in [2.75, 3.05) is 24.3 Å². The van der Waals surface area contributed by atoms with E-state index in [1.165, 1.54) is 0 Å². The van der Waals surface area contributed by atoms with Crippen LogP contribution >= 0.6 is 23.4 Å². The standard InChI is InChI=1S/C17H16ClNO2S/c1-21-15-5-3-2-4-12(15)10-17(20)19-8-9-22-16-7-6-13(18)11-14(16)19/h2-7,11H,8-10H2,1H3. The van der Waals surface area contributed by atoms with E-state index >= 15 is 0 Å². The molecule has 0 spiro atoms. The monoisotopic (exact) mass is 333 g/mol. The van der Waals surface area contributed by atoms with Crippen molar-refractivity contribution >= 4 is 35.0 Å². The van der Waals surface area contributed by atoms with Crippen LogP contribution in [-0.2, 0) is 11.2 Å². The average molecular weight is 334 g/mol. The molecule has 114 valence electrons. The molecule has 0 aromatic heterocycles. The fourth-order valence-electron chi connectivity index (χ4n) is 2.56. The Morgan fingerprint density at radius 2 is 2.14 bits per heavy atom. The number of carbonyl (C=O) groups is 1. The van der Waals surface area contributed by atoms with Crippen LogP contribution in [0.2, 0.25) is 5.02 Å². The van der Waals surface area contributed by atoms with Gasteiger partial charge in [0.05, 0.1) is 19.2 Å². The second kappa shape index (κ2) is 6.63. The molecule has 1 aliphatic rings. The van der Waals surface area contributed by atoms with Crippen LogP contribution in [0.3, 0.4) is 0 Å². The molecule has 0 saturated heterocycles. The smallest absolute Gasteiger partial charge is 0.231 e. The summed E-state index contributed by atoms with van der Waals surface area (Å²) in [5.41, 5.74) is 1.81. The lowest BCUT2D eigenvalue weighted by molar-refractivity contribution is -0.118. The first-order valence-electron chi connectivity index (χ1n) is 7.03. The van der Waals surface area contributed by atoms with Crippen molar-refractivity contribution < 1.29 is 9.53 Å². The van der Waals surface area contributed by atoms with Crippen molar-refractivity contribution in [3.05, 3.63) is 53.1 Å². The number of methoxy groups -OCH3 is 1. The normalized spacial score (nSPS) is 13.6. The van der Waals surface area contributed by atoms with Gasteiger partial charge in [0.25, 0.3) is 0 Å². The summed E-state index contributed by atoms with van der Waals surface area (Å²) in [7, 11) is 1.62. The molecule has 1 amide bonds. The van der Waals surface area contributed by atoms with E-state index in [1.54, 1.807) is 18.9 Å². The quantitative estimate of drug-likeness (QED) is 0.849. The molecule has 2 aromatic carbocycles. The van der Waals surface area contributed by atoms with Gasteiger partial charge in [0, 0.05) is 27.8 Å². The first kappa shape index (κ1) is 15.3. The summed E-state index contributed by atoms with van der Waals surface area (Å²) in [6.07, 6.45) is 0.320. The van der Waals surface area contributed by atoms with Crippen molar-refractivity contribution in [1.82, 2.24) is 0 Å². The maximum Gasteiger partial charge on any atom is 0.231 e. The lowest BCUT2D eigenvalue weighted by Gasteiger charge is -2.29. The Balaban J connectivity index is 1.86. The largest absolute Gasteiger partial charge is 0.496 e. The Morgan fingerprint density at radius 1 is 1.32 bits per heavy atom. The van der Waals surface area contributed by atoms with E-state index in [0.29, 0.717) is 18.0 Å². The summed E-state index contributed by atoms with van der Waals surface area (Å²) in [5, 5.41) is 0.649. The predicted molar refractivity (Wildman–Crippen MR) is 91.2 cm³/mol. The van der Waals surface area contributed by atoms with Crippen LogP contribution < -0.4 is 9.64 Å². The van der Waals surface area contributed by atoms with Crippen LogP contribution in [0.25, 0.3) is 0 Å². The summed E-state index contributed by atoms with van der Waals surface area (Å²) >= 11 is 7.84. The molecule has 0 fully saturated rings. The predicted octanol–water partition coefficient (Wildman–Crippen LogP) is 4.03. The number of para-hydroxylation sites is 1. The van der Waals surface area contributed by atoms with Crippen molar-refractivity contribution in [3.8, 4) is 5.75 Å². The van der Waals surface area contributed by atoms with Crippen LogP contribution in [0, 0.1) is 0 Å². The first-order chi connectivity index (χ1) is 10.7. The third kappa shape index (κ3) is 3.08. The van der Waals surface area contributed by atoms with E-state index in [9.17, 15) is 4.79 Å². The highest BCUT2D eigenvalue weighted by molar-refractivity contribution is 7.99. The third-order valence-electron chi connectivity index (χ3n) is 3.62. The molecule has 0 saturated carbocycles. The molecule has 2 aromatic rings. The highest BCUT2D eigenvalue weighted by Gasteiger charge is 2.24. The Kier molecular flexibility index (Phi) is 4.60. The number of ether oxygens (including phenoxy) is 1. The number of benzene rings is 2. The van der Waals surface area contributed by atoms with Crippen LogP contribution in [0.4, 0.5) is 5.69 Å². The Labute approximate surface area is 139 Å². The molecule has 1 heterocycles. The van der Waals surface area contributed by atoms with E-state index in [-0.39, 0.29) is 5.91 Å². The lowest BCUT2D eigenvalue weighted by Crippen LogP contribution is -2.36. The van der Waals surface area contributed by atoms with Crippen LogP contribution in [-0.4, -0.2) is 25.3 Å². The molecule has 22 heavy (non-hydrogen) atoms. The SMILES string of the molecule is COc1ccccc1CC(=O)N1CCSc2ccc(Cl)cc21. The molecule has 1 aliphatic heterocycles. The summed E-state index contributed by atoms with van der Waals surface area (Å²) in [6, 6.07) is 13.3. The zero-order valence-electron chi connectivity index (χ0n) is 12.2. The third-order valence-corrected chi connectivity index (χ3v) is 4.90. The van der Waals surface area contributed by atoms with E-state index in [2.05, 4.69) is 0 Å². The molecule has 0 aliphatic carbocycles. The Bertz CT molecular complexity index is 705. The fraction of sp³-hybridized carbons (Fsp3) is 0.235. The number of thioether (sulfide) groups is 1. The number of anilines is 1. The summed E-state index contributed by atoms with van der Waals surface area (Å²) < 4.78 is 5.33. The Hall–Kier alpha value is -1.65. The molecule has 3 nitrogen and oxygen atoms in total. The number of hydrogen-bond donors (Lipinski definition) is 0. The minimum absolute atomic E-state index is 0.0633. The molecule has 0 N–H and O–H groups in total.